The highest BCUT2D eigenvalue weighted by molar-refractivity contribution is 9.10. The Kier molecular flexibility index (Phi) is 4.57. The number of anilines is 2. The van der Waals surface area contributed by atoms with Crippen molar-refractivity contribution in [1.29, 1.82) is 0 Å². The van der Waals surface area contributed by atoms with Crippen molar-refractivity contribution >= 4 is 33.2 Å². The number of benzene rings is 2. The molecular weight excluding hydrogens is 342 g/mol. The molecule has 2 aromatic rings. The molecular formula is C15H13BrF2N2O. The molecule has 0 unspecified atom stereocenters. The molecule has 2 N–H and O–H groups in total. The zero-order chi connectivity index (χ0) is 15.6. The summed E-state index contributed by atoms with van der Waals surface area (Å²) in [6, 6.07) is 7.41. The number of hydrogen-bond donors (Lipinski definition) is 2. The van der Waals surface area contributed by atoms with Crippen molar-refractivity contribution in [1.82, 2.24) is 0 Å². The lowest BCUT2D eigenvalue weighted by molar-refractivity contribution is 0.102. The summed E-state index contributed by atoms with van der Waals surface area (Å²) in [6.07, 6.45) is 0. The fourth-order valence-corrected chi connectivity index (χ4v) is 2.22. The van der Waals surface area contributed by atoms with Gasteiger partial charge in [-0.2, -0.15) is 0 Å². The minimum absolute atomic E-state index is 0.0857. The average molecular weight is 355 g/mol. The van der Waals surface area contributed by atoms with Crippen LogP contribution in [-0.2, 0) is 0 Å². The Morgan fingerprint density at radius 2 is 1.76 bits per heavy atom. The van der Waals surface area contributed by atoms with Crippen molar-refractivity contribution in [3.63, 3.8) is 0 Å². The number of aryl methyl sites for hydroxylation is 1. The molecule has 3 nitrogen and oxygen atoms in total. The normalized spacial score (nSPS) is 10.3. The van der Waals surface area contributed by atoms with Crippen LogP contribution in [-0.4, -0.2) is 13.0 Å². The number of halogens is 3. The predicted octanol–water partition coefficient (Wildman–Crippen LogP) is 4.33. The lowest BCUT2D eigenvalue weighted by Crippen LogP contribution is -2.14. The molecule has 0 heterocycles. The van der Waals surface area contributed by atoms with Crippen molar-refractivity contribution in [2.24, 2.45) is 0 Å². The minimum Gasteiger partial charge on any atom is -0.383 e. The van der Waals surface area contributed by atoms with Crippen LogP contribution in [0.15, 0.2) is 34.8 Å². The zero-order valence-corrected chi connectivity index (χ0v) is 13.0. The number of amides is 1. The first kappa shape index (κ1) is 15.4. The lowest BCUT2D eigenvalue weighted by Gasteiger charge is -2.10. The average Bonchev–Trinajstić information content (AvgIpc) is 2.42. The van der Waals surface area contributed by atoms with Gasteiger partial charge in [-0.3, -0.25) is 4.79 Å². The van der Waals surface area contributed by atoms with Crippen molar-refractivity contribution in [3.05, 3.63) is 57.6 Å². The Morgan fingerprint density at radius 3 is 2.33 bits per heavy atom. The molecule has 6 heteroatoms. The first-order chi connectivity index (χ1) is 9.92. The van der Waals surface area contributed by atoms with E-state index in [1.54, 1.807) is 12.1 Å². The molecule has 0 aliphatic carbocycles. The van der Waals surface area contributed by atoms with Gasteiger partial charge < -0.3 is 10.6 Å². The van der Waals surface area contributed by atoms with Crippen LogP contribution >= 0.6 is 15.9 Å². The van der Waals surface area contributed by atoms with Crippen LogP contribution in [0.4, 0.5) is 20.2 Å². The van der Waals surface area contributed by atoms with Crippen LogP contribution in [0.3, 0.4) is 0 Å². The summed E-state index contributed by atoms with van der Waals surface area (Å²) in [7, 11) is 1.41. The molecule has 0 fully saturated rings. The summed E-state index contributed by atoms with van der Waals surface area (Å²) < 4.78 is 28.0. The maximum Gasteiger partial charge on any atom is 0.255 e. The third-order valence-corrected chi connectivity index (χ3v) is 3.62. The number of carbonyl (C=O) groups is 1. The number of nitrogens with one attached hydrogen (secondary N) is 2. The minimum atomic E-state index is -0.814. The fraction of sp³-hybridized carbons (Fsp3) is 0.133. The quantitative estimate of drug-likeness (QED) is 0.861. The lowest BCUT2D eigenvalue weighted by atomic mass is 10.1. The third-order valence-electron chi connectivity index (χ3n) is 2.92. The summed E-state index contributed by atoms with van der Waals surface area (Å²) in [5, 5.41) is 5.03. The molecule has 1 amide bonds. The summed E-state index contributed by atoms with van der Waals surface area (Å²) in [5.74, 6) is -2.21. The van der Waals surface area contributed by atoms with Crippen molar-refractivity contribution in [2.75, 3.05) is 17.7 Å². The largest absolute Gasteiger partial charge is 0.383 e. The summed E-state index contributed by atoms with van der Waals surface area (Å²) in [6.45, 7) is 1.88. The van der Waals surface area contributed by atoms with Gasteiger partial charge >= 0.3 is 0 Å². The molecule has 0 saturated heterocycles. The van der Waals surface area contributed by atoms with Gasteiger partial charge in [0, 0.05) is 17.1 Å². The fourth-order valence-electron chi connectivity index (χ4n) is 1.87. The number of hydrogen-bond acceptors (Lipinski definition) is 2. The van der Waals surface area contributed by atoms with E-state index in [-0.39, 0.29) is 11.3 Å². The Balaban J connectivity index is 2.31. The van der Waals surface area contributed by atoms with E-state index in [1.807, 2.05) is 13.0 Å². The molecule has 0 spiro atoms. The monoisotopic (exact) mass is 354 g/mol. The van der Waals surface area contributed by atoms with Crippen LogP contribution < -0.4 is 10.6 Å². The third kappa shape index (κ3) is 3.39. The summed E-state index contributed by atoms with van der Waals surface area (Å²) >= 11 is 3.31. The van der Waals surface area contributed by atoms with Crippen molar-refractivity contribution < 1.29 is 13.6 Å². The van der Waals surface area contributed by atoms with Crippen molar-refractivity contribution in [2.45, 2.75) is 6.92 Å². The van der Waals surface area contributed by atoms with Gasteiger partial charge in [0.2, 0.25) is 0 Å². The number of carbonyl (C=O) groups excluding carboxylic acids is 1. The summed E-state index contributed by atoms with van der Waals surface area (Å²) in [4.78, 5) is 12.1. The van der Waals surface area contributed by atoms with Crippen LogP contribution in [0.2, 0.25) is 0 Å². The Hall–Kier alpha value is -1.95. The van der Waals surface area contributed by atoms with Gasteiger partial charge in [-0.05, 0) is 52.7 Å². The molecule has 0 bridgehead atoms. The van der Waals surface area contributed by atoms with Gasteiger partial charge in [0.15, 0.2) is 0 Å². The molecule has 110 valence electrons. The van der Waals surface area contributed by atoms with E-state index in [1.165, 1.54) is 7.05 Å². The van der Waals surface area contributed by atoms with Gasteiger partial charge in [-0.25, -0.2) is 8.78 Å². The molecule has 0 aliphatic heterocycles. The van der Waals surface area contributed by atoms with Crippen LogP contribution in [0, 0.1) is 18.6 Å². The second kappa shape index (κ2) is 6.22. The van der Waals surface area contributed by atoms with Gasteiger partial charge in [0.1, 0.15) is 17.3 Å². The highest BCUT2D eigenvalue weighted by atomic mass is 79.9. The SMILES string of the molecule is CNc1c(F)cc(C(=O)Nc2cc(C)ccc2Br)cc1F. The molecule has 0 saturated carbocycles. The number of rotatable bonds is 3. The van der Waals surface area contributed by atoms with Gasteiger partial charge in [0.05, 0.1) is 5.69 Å². The molecule has 0 atom stereocenters. The highest BCUT2D eigenvalue weighted by Crippen LogP contribution is 2.25. The Labute approximate surface area is 129 Å². The van der Waals surface area contributed by atoms with E-state index in [0.717, 1.165) is 17.7 Å². The smallest absolute Gasteiger partial charge is 0.255 e. The van der Waals surface area contributed by atoms with E-state index in [9.17, 15) is 13.6 Å². The highest BCUT2D eigenvalue weighted by Gasteiger charge is 2.15. The molecule has 0 radical (unpaired) electrons. The predicted molar refractivity (Wildman–Crippen MR) is 82.7 cm³/mol. The molecule has 2 aromatic carbocycles. The molecule has 21 heavy (non-hydrogen) atoms. The molecule has 0 aromatic heterocycles. The Bertz CT molecular complexity index is 681. The van der Waals surface area contributed by atoms with Crippen LogP contribution in [0.5, 0.6) is 0 Å². The topological polar surface area (TPSA) is 41.1 Å². The van der Waals surface area contributed by atoms with E-state index in [0.29, 0.717) is 10.2 Å². The molecule has 2 rings (SSSR count). The van der Waals surface area contributed by atoms with E-state index >= 15 is 0 Å². The van der Waals surface area contributed by atoms with Crippen LogP contribution in [0.1, 0.15) is 15.9 Å². The summed E-state index contributed by atoms with van der Waals surface area (Å²) in [5.41, 5.74) is 1.15. The van der Waals surface area contributed by atoms with Gasteiger partial charge in [-0.1, -0.05) is 6.07 Å². The standard InChI is InChI=1S/C15H13BrF2N2O/c1-8-3-4-10(16)13(5-8)20-15(21)9-6-11(17)14(19-2)12(18)7-9/h3-7,19H,1-2H3,(H,20,21). The van der Waals surface area contributed by atoms with Gasteiger partial charge in [0.25, 0.3) is 5.91 Å². The van der Waals surface area contributed by atoms with Crippen LogP contribution in [0.25, 0.3) is 0 Å². The van der Waals surface area contributed by atoms with Crippen molar-refractivity contribution in [3.8, 4) is 0 Å². The first-order valence-corrected chi connectivity index (χ1v) is 6.96. The maximum absolute atomic E-state index is 13.7. The molecule has 0 aliphatic rings. The van der Waals surface area contributed by atoms with E-state index < -0.39 is 17.5 Å². The van der Waals surface area contributed by atoms with E-state index in [4.69, 9.17) is 0 Å². The first-order valence-electron chi connectivity index (χ1n) is 6.16. The second-order valence-electron chi connectivity index (χ2n) is 4.50. The Morgan fingerprint density at radius 1 is 1.14 bits per heavy atom. The zero-order valence-electron chi connectivity index (χ0n) is 11.4. The van der Waals surface area contributed by atoms with E-state index in [2.05, 4.69) is 26.6 Å². The second-order valence-corrected chi connectivity index (χ2v) is 5.36. The maximum atomic E-state index is 13.7. The van der Waals surface area contributed by atoms with Gasteiger partial charge in [-0.15, -0.1) is 0 Å².